The summed E-state index contributed by atoms with van der Waals surface area (Å²) in [7, 11) is 0. The van der Waals surface area contributed by atoms with E-state index in [-0.39, 0.29) is 0 Å². The molecule has 4 heterocycles. The van der Waals surface area contributed by atoms with Gasteiger partial charge < -0.3 is 18.0 Å². The molecule has 0 spiro atoms. The molecule has 270 valence electrons. The molecule has 0 fully saturated rings. The van der Waals surface area contributed by atoms with Crippen LogP contribution in [-0.2, 0) is 0 Å². The number of fused-ring (bicyclic) bond motifs is 13. The number of benzene rings is 9. The molecule has 0 saturated carbocycles. The van der Waals surface area contributed by atoms with Gasteiger partial charge in [-0.2, -0.15) is 0 Å². The number of nitrogens with zero attached hydrogens (tertiary/aromatic N) is 2. The molecule has 4 heteroatoms. The minimum atomic E-state index is 0.820. The van der Waals surface area contributed by atoms with E-state index in [4.69, 9.17) is 8.83 Å². The quantitative estimate of drug-likeness (QED) is 0.180. The first kappa shape index (κ1) is 31.4. The standard InChI is InChI=1S/C54H32N2O2/c1-3-11-37(12-4-1)55-46-17-9-7-15-39(46)42-29-33(19-24-48(42)55)35-21-26-50-44(31-35)41-23-28-52-53(54(41)58-50)45-32-36(22-27-51(45)57-52)34-20-25-49-43(30-34)40-16-8-10-18-47(40)56(49)38-13-5-2-6-14-38/h1-32H. The normalized spacial score (nSPS) is 12.1. The van der Waals surface area contributed by atoms with Crippen LogP contribution in [0.2, 0.25) is 0 Å². The highest BCUT2D eigenvalue weighted by Gasteiger charge is 2.19. The van der Waals surface area contributed by atoms with Crippen molar-refractivity contribution in [3.63, 3.8) is 0 Å². The lowest BCUT2D eigenvalue weighted by atomic mass is 9.99. The number of para-hydroxylation sites is 4. The number of rotatable bonds is 4. The smallest absolute Gasteiger partial charge is 0.147 e. The largest absolute Gasteiger partial charge is 0.456 e. The average molecular weight is 741 g/mol. The van der Waals surface area contributed by atoms with Crippen LogP contribution in [0, 0.1) is 0 Å². The summed E-state index contributed by atoms with van der Waals surface area (Å²) in [5.41, 5.74) is 15.1. The van der Waals surface area contributed by atoms with Crippen LogP contribution < -0.4 is 0 Å². The van der Waals surface area contributed by atoms with E-state index in [1.165, 1.54) is 49.2 Å². The molecule has 0 bridgehead atoms. The van der Waals surface area contributed by atoms with Gasteiger partial charge in [-0.1, -0.05) is 97.1 Å². The summed E-state index contributed by atoms with van der Waals surface area (Å²) in [6.45, 7) is 0. The van der Waals surface area contributed by atoms with E-state index in [2.05, 4.69) is 203 Å². The molecule has 9 aromatic carbocycles. The third kappa shape index (κ3) is 4.45. The summed E-state index contributed by atoms with van der Waals surface area (Å²) in [6.07, 6.45) is 0. The lowest BCUT2D eigenvalue weighted by Crippen LogP contribution is -1.92. The number of furan rings is 2. The minimum Gasteiger partial charge on any atom is -0.456 e. The Hall–Kier alpha value is -7.82. The average Bonchev–Trinajstić information content (AvgIpc) is 4.03. The molecule has 0 atom stereocenters. The van der Waals surface area contributed by atoms with Crippen LogP contribution in [0.3, 0.4) is 0 Å². The molecule has 0 aliphatic rings. The van der Waals surface area contributed by atoms with Gasteiger partial charge in [-0.15, -0.1) is 0 Å². The monoisotopic (exact) mass is 740 g/mol. The second-order valence-electron chi connectivity index (χ2n) is 15.3. The number of aromatic nitrogens is 2. The summed E-state index contributed by atoms with van der Waals surface area (Å²) in [6, 6.07) is 69.5. The van der Waals surface area contributed by atoms with Crippen LogP contribution in [0.5, 0.6) is 0 Å². The van der Waals surface area contributed by atoms with Crippen molar-refractivity contribution in [2.75, 3.05) is 0 Å². The van der Waals surface area contributed by atoms with Crippen molar-refractivity contribution in [3.8, 4) is 33.6 Å². The van der Waals surface area contributed by atoms with Crippen LogP contribution in [0.4, 0.5) is 0 Å². The Balaban J connectivity index is 0.949. The van der Waals surface area contributed by atoms with Crippen LogP contribution in [-0.4, -0.2) is 9.13 Å². The molecule has 0 N–H and O–H groups in total. The molecule has 13 rings (SSSR count). The topological polar surface area (TPSA) is 36.1 Å². The van der Waals surface area contributed by atoms with Gasteiger partial charge in [-0.25, -0.2) is 0 Å². The maximum absolute atomic E-state index is 6.73. The minimum absolute atomic E-state index is 0.820. The van der Waals surface area contributed by atoms with Crippen molar-refractivity contribution in [2.45, 2.75) is 0 Å². The lowest BCUT2D eigenvalue weighted by Gasteiger charge is -2.08. The van der Waals surface area contributed by atoms with Crippen LogP contribution in [0.1, 0.15) is 0 Å². The van der Waals surface area contributed by atoms with Crippen molar-refractivity contribution >= 4 is 87.5 Å². The number of hydrogen-bond acceptors (Lipinski definition) is 2. The van der Waals surface area contributed by atoms with Crippen LogP contribution >= 0.6 is 0 Å². The second kappa shape index (κ2) is 11.8. The van der Waals surface area contributed by atoms with E-state index in [0.717, 1.165) is 71.9 Å². The maximum Gasteiger partial charge on any atom is 0.147 e. The fraction of sp³-hybridized carbons (Fsp3) is 0. The predicted octanol–water partition coefficient (Wildman–Crippen LogP) is 15.0. The molecule has 0 unspecified atom stereocenters. The Morgan fingerprint density at radius 1 is 0.276 bits per heavy atom. The molecule has 13 aromatic rings. The first-order chi connectivity index (χ1) is 28.7. The zero-order valence-corrected chi connectivity index (χ0v) is 31.2. The van der Waals surface area contributed by atoms with E-state index in [0.29, 0.717) is 0 Å². The van der Waals surface area contributed by atoms with Gasteiger partial charge in [-0.05, 0) is 119 Å². The Morgan fingerprint density at radius 2 is 0.707 bits per heavy atom. The summed E-state index contributed by atoms with van der Waals surface area (Å²) >= 11 is 0. The summed E-state index contributed by atoms with van der Waals surface area (Å²) in [5.74, 6) is 0. The van der Waals surface area contributed by atoms with E-state index in [1.54, 1.807) is 0 Å². The zero-order valence-electron chi connectivity index (χ0n) is 31.2. The molecule has 0 aliphatic carbocycles. The molecular formula is C54H32N2O2. The van der Waals surface area contributed by atoms with Gasteiger partial charge in [0.15, 0.2) is 0 Å². The molecule has 4 aromatic heterocycles. The van der Waals surface area contributed by atoms with Gasteiger partial charge >= 0.3 is 0 Å². The molecular weight excluding hydrogens is 709 g/mol. The Bertz CT molecular complexity index is 3790. The molecule has 0 aliphatic heterocycles. The molecule has 0 radical (unpaired) electrons. The van der Waals surface area contributed by atoms with Gasteiger partial charge in [0.25, 0.3) is 0 Å². The highest BCUT2D eigenvalue weighted by atomic mass is 16.3. The van der Waals surface area contributed by atoms with Gasteiger partial charge in [0.05, 0.1) is 27.5 Å². The van der Waals surface area contributed by atoms with Crippen LogP contribution in [0.25, 0.3) is 121 Å². The third-order valence-electron chi connectivity index (χ3n) is 12.1. The van der Waals surface area contributed by atoms with Gasteiger partial charge in [-0.3, -0.25) is 0 Å². The summed E-state index contributed by atoms with van der Waals surface area (Å²) < 4.78 is 17.9. The summed E-state index contributed by atoms with van der Waals surface area (Å²) in [4.78, 5) is 0. The predicted molar refractivity (Wildman–Crippen MR) is 241 cm³/mol. The van der Waals surface area contributed by atoms with Gasteiger partial charge in [0.2, 0.25) is 0 Å². The summed E-state index contributed by atoms with van der Waals surface area (Å²) in [5, 5.41) is 9.16. The highest BCUT2D eigenvalue weighted by Crippen LogP contribution is 2.43. The molecule has 0 amide bonds. The van der Waals surface area contributed by atoms with E-state index >= 15 is 0 Å². The van der Waals surface area contributed by atoms with Crippen molar-refractivity contribution in [1.82, 2.24) is 9.13 Å². The lowest BCUT2D eigenvalue weighted by molar-refractivity contribution is 0.663. The molecule has 0 saturated heterocycles. The second-order valence-corrected chi connectivity index (χ2v) is 15.3. The Kier molecular flexibility index (Phi) is 6.41. The number of hydrogen-bond donors (Lipinski definition) is 0. The Morgan fingerprint density at radius 3 is 1.28 bits per heavy atom. The highest BCUT2D eigenvalue weighted by molar-refractivity contribution is 6.23. The third-order valence-corrected chi connectivity index (χ3v) is 12.1. The van der Waals surface area contributed by atoms with Gasteiger partial charge in [0.1, 0.15) is 22.3 Å². The maximum atomic E-state index is 6.73. The van der Waals surface area contributed by atoms with Crippen molar-refractivity contribution in [3.05, 3.63) is 194 Å². The van der Waals surface area contributed by atoms with Gasteiger partial charge in [0, 0.05) is 49.1 Å². The first-order valence-electron chi connectivity index (χ1n) is 19.7. The van der Waals surface area contributed by atoms with Crippen LogP contribution in [0.15, 0.2) is 203 Å². The fourth-order valence-electron chi connectivity index (χ4n) is 9.47. The van der Waals surface area contributed by atoms with Crippen molar-refractivity contribution in [2.24, 2.45) is 0 Å². The van der Waals surface area contributed by atoms with Crippen molar-refractivity contribution in [1.29, 1.82) is 0 Å². The zero-order chi connectivity index (χ0) is 37.9. The SMILES string of the molecule is c1ccc(-n2c3ccccc3c3cc(-c4ccc5oc6c(ccc7oc8ccc(-c9ccc%10c(c9)c9ccccc9n%10-c9ccccc9)cc8c76)c5c4)ccc32)cc1. The fourth-order valence-corrected chi connectivity index (χ4v) is 9.47. The van der Waals surface area contributed by atoms with Crippen molar-refractivity contribution < 1.29 is 8.83 Å². The molecule has 58 heavy (non-hydrogen) atoms. The van der Waals surface area contributed by atoms with E-state index in [9.17, 15) is 0 Å². The van der Waals surface area contributed by atoms with E-state index in [1.807, 2.05) is 0 Å². The molecule has 4 nitrogen and oxygen atoms in total. The van der Waals surface area contributed by atoms with E-state index < -0.39 is 0 Å². The first-order valence-corrected chi connectivity index (χ1v) is 19.7. The Labute approximate surface area is 332 Å².